The quantitative estimate of drug-likeness (QED) is 0.757. The van der Waals surface area contributed by atoms with E-state index in [0.29, 0.717) is 30.1 Å². The molecule has 106 valence electrons. The molecule has 0 unspecified atom stereocenters. The number of aliphatic carboxylic acids is 1. The third-order valence-electron chi connectivity index (χ3n) is 2.71. The second-order valence-corrected chi connectivity index (χ2v) is 5.09. The van der Waals surface area contributed by atoms with Crippen molar-refractivity contribution in [2.75, 3.05) is 6.54 Å². The molecule has 6 heteroatoms. The number of halogens is 1. The van der Waals surface area contributed by atoms with Gasteiger partial charge < -0.3 is 15.0 Å². The van der Waals surface area contributed by atoms with E-state index in [-0.39, 0.29) is 18.4 Å². The van der Waals surface area contributed by atoms with Gasteiger partial charge in [0.25, 0.3) is 5.91 Å². The zero-order valence-electron chi connectivity index (χ0n) is 11.1. The van der Waals surface area contributed by atoms with Gasteiger partial charge in [-0.1, -0.05) is 11.6 Å². The first-order valence-electron chi connectivity index (χ1n) is 6.29. The van der Waals surface area contributed by atoms with E-state index in [4.69, 9.17) is 16.7 Å². The number of rotatable bonds is 7. The first kappa shape index (κ1) is 15.6. The van der Waals surface area contributed by atoms with Crippen molar-refractivity contribution in [3.05, 3.63) is 23.0 Å². The minimum Gasteiger partial charge on any atom is -0.481 e. The van der Waals surface area contributed by atoms with Gasteiger partial charge in [-0.15, -0.1) is 0 Å². The van der Waals surface area contributed by atoms with Crippen LogP contribution in [0.2, 0.25) is 5.02 Å². The molecule has 0 aliphatic carbocycles. The Morgan fingerprint density at radius 2 is 2.11 bits per heavy atom. The summed E-state index contributed by atoms with van der Waals surface area (Å²) >= 11 is 5.91. The van der Waals surface area contributed by atoms with Crippen molar-refractivity contribution >= 4 is 23.5 Å². The van der Waals surface area contributed by atoms with Crippen molar-refractivity contribution in [3.8, 4) is 0 Å². The molecule has 0 radical (unpaired) electrons. The summed E-state index contributed by atoms with van der Waals surface area (Å²) in [6, 6.07) is 1.79. The van der Waals surface area contributed by atoms with Crippen LogP contribution in [-0.4, -0.2) is 28.1 Å². The highest BCUT2D eigenvalue weighted by Gasteiger charge is 2.14. The number of carbonyl (C=O) groups is 2. The minimum absolute atomic E-state index is 0.129. The van der Waals surface area contributed by atoms with Crippen molar-refractivity contribution in [1.82, 2.24) is 9.88 Å². The van der Waals surface area contributed by atoms with Crippen LogP contribution in [0.5, 0.6) is 0 Å². The van der Waals surface area contributed by atoms with Crippen LogP contribution in [-0.2, 0) is 4.79 Å². The summed E-state index contributed by atoms with van der Waals surface area (Å²) in [6.07, 6.45) is 3.06. The molecule has 0 saturated carbocycles. The Hall–Kier alpha value is -1.49. The summed E-state index contributed by atoms with van der Waals surface area (Å²) in [7, 11) is 0. The summed E-state index contributed by atoms with van der Waals surface area (Å²) in [4.78, 5) is 22.3. The van der Waals surface area contributed by atoms with E-state index in [9.17, 15) is 9.59 Å². The fraction of sp³-hybridized carbons (Fsp3) is 0.538. The van der Waals surface area contributed by atoms with E-state index in [1.165, 1.54) is 0 Å². The average molecular weight is 287 g/mol. The largest absolute Gasteiger partial charge is 0.481 e. The summed E-state index contributed by atoms with van der Waals surface area (Å²) < 4.78 is 1.81. The summed E-state index contributed by atoms with van der Waals surface area (Å²) in [5, 5.41) is 11.8. The maximum Gasteiger partial charge on any atom is 0.303 e. The summed E-state index contributed by atoms with van der Waals surface area (Å²) in [5.74, 6) is -0.997. The summed E-state index contributed by atoms with van der Waals surface area (Å²) in [5.41, 5.74) is 0.526. The Labute approximate surface area is 117 Å². The number of hydrogen-bond donors (Lipinski definition) is 2. The number of unbranched alkanes of at least 4 members (excludes halogenated alkanes) is 1. The smallest absolute Gasteiger partial charge is 0.303 e. The Bertz CT molecular complexity index is 455. The van der Waals surface area contributed by atoms with Gasteiger partial charge in [-0.2, -0.15) is 0 Å². The lowest BCUT2D eigenvalue weighted by atomic mass is 10.2. The highest BCUT2D eigenvalue weighted by molar-refractivity contribution is 6.31. The summed E-state index contributed by atoms with van der Waals surface area (Å²) in [6.45, 7) is 4.41. The molecular formula is C13H19ClN2O3. The van der Waals surface area contributed by atoms with Crippen LogP contribution in [0.4, 0.5) is 0 Å². The molecule has 1 aromatic heterocycles. The third-order valence-corrected chi connectivity index (χ3v) is 2.91. The molecular weight excluding hydrogens is 268 g/mol. The van der Waals surface area contributed by atoms with Gasteiger partial charge in [0.1, 0.15) is 5.69 Å². The number of amides is 1. The molecule has 1 aromatic rings. The van der Waals surface area contributed by atoms with Crippen LogP contribution < -0.4 is 5.32 Å². The molecule has 1 rings (SSSR count). The van der Waals surface area contributed by atoms with E-state index in [1.54, 1.807) is 12.3 Å². The SMILES string of the molecule is CC(C)n1cc(Cl)cc1C(=O)NCCCCC(=O)O. The Kier molecular flexibility index (Phi) is 5.89. The van der Waals surface area contributed by atoms with Gasteiger partial charge in [-0.05, 0) is 32.8 Å². The van der Waals surface area contributed by atoms with Crippen LogP contribution in [0.1, 0.15) is 49.6 Å². The van der Waals surface area contributed by atoms with Crippen molar-refractivity contribution in [2.45, 2.75) is 39.2 Å². The lowest BCUT2D eigenvalue weighted by Gasteiger charge is -2.12. The normalized spacial score (nSPS) is 10.7. The number of carboxylic acids is 1. The third kappa shape index (κ3) is 4.95. The number of carbonyl (C=O) groups excluding carboxylic acids is 1. The maximum absolute atomic E-state index is 12.0. The van der Waals surface area contributed by atoms with Crippen LogP contribution in [0.15, 0.2) is 12.3 Å². The van der Waals surface area contributed by atoms with Crippen LogP contribution in [0.3, 0.4) is 0 Å². The highest BCUT2D eigenvalue weighted by atomic mass is 35.5. The maximum atomic E-state index is 12.0. The van der Waals surface area contributed by atoms with Gasteiger partial charge in [0, 0.05) is 25.2 Å². The topological polar surface area (TPSA) is 71.3 Å². The van der Waals surface area contributed by atoms with E-state index < -0.39 is 5.97 Å². The first-order valence-corrected chi connectivity index (χ1v) is 6.67. The van der Waals surface area contributed by atoms with Gasteiger partial charge in [0.2, 0.25) is 0 Å². The Balaban J connectivity index is 2.47. The van der Waals surface area contributed by atoms with Gasteiger partial charge in [-0.3, -0.25) is 9.59 Å². The van der Waals surface area contributed by atoms with Gasteiger partial charge >= 0.3 is 5.97 Å². The molecule has 0 aliphatic heterocycles. The molecule has 0 aliphatic rings. The predicted octanol–water partition coefficient (Wildman–Crippen LogP) is 2.71. The molecule has 0 aromatic carbocycles. The molecule has 0 spiro atoms. The number of nitrogens with zero attached hydrogens (tertiary/aromatic N) is 1. The average Bonchev–Trinajstić information content (AvgIpc) is 2.70. The second-order valence-electron chi connectivity index (χ2n) is 4.65. The number of carboxylic acid groups (broad SMARTS) is 1. The number of hydrogen-bond acceptors (Lipinski definition) is 2. The lowest BCUT2D eigenvalue weighted by Crippen LogP contribution is -2.27. The van der Waals surface area contributed by atoms with E-state index in [2.05, 4.69) is 5.32 Å². The highest BCUT2D eigenvalue weighted by Crippen LogP contribution is 2.18. The second kappa shape index (κ2) is 7.19. The van der Waals surface area contributed by atoms with E-state index in [0.717, 1.165) is 0 Å². The minimum atomic E-state index is -0.813. The van der Waals surface area contributed by atoms with Crippen molar-refractivity contribution in [3.63, 3.8) is 0 Å². The fourth-order valence-electron chi connectivity index (χ4n) is 1.75. The first-order chi connectivity index (χ1) is 8.91. The number of aromatic nitrogens is 1. The zero-order chi connectivity index (χ0) is 14.4. The van der Waals surface area contributed by atoms with Gasteiger partial charge in [0.15, 0.2) is 0 Å². The van der Waals surface area contributed by atoms with Crippen LogP contribution in [0.25, 0.3) is 0 Å². The Morgan fingerprint density at radius 1 is 1.42 bits per heavy atom. The van der Waals surface area contributed by atoms with E-state index in [1.807, 2.05) is 18.4 Å². The molecule has 1 amide bonds. The Morgan fingerprint density at radius 3 is 2.68 bits per heavy atom. The molecule has 1 heterocycles. The molecule has 0 atom stereocenters. The zero-order valence-corrected chi connectivity index (χ0v) is 11.9. The number of nitrogens with one attached hydrogen (secondary N) is 1. The van der Waals surface area contributed by atoms with Crippen molar-refractivity contribution in [1.29, 1.82) is 0 Å². The van der Waals surface area contributed by atoms with Crippen molar-refractivity contribution < 1.29 is 14.7 Å². The molecule has 0 bridgehead atoms. The van der Waals surface area contributed by atoms with Crippen LogP contribution in [0, 0.1) is 0 Å². The monoisotopic (exact) mass is 286 g/mol. The molecule has 2 N–H and O–H groups in total. The van der Waals surface area contributed by atoms with Gasteiger partial charge in [0.05, 0.1) is 5.02 Å². The molecule has 0 saturated heterocycles. The van der Waals surface area contributed by atoms with Crippen molar-refractivity contribution in [2.24, 2.45) is 0 Å². The molecule has 5 nitrogen and oxygen atoms in total. The van der Waals surface area contributed by atoms with Crippen LogP contribution >= 0.6 is 11.6 Å². The molecule has 19 heavy (non-hydrogen) atoms. The standard InChI is InChI=1S/C13H19ClN2O3/c1-9(2)16-8-10(14)7-11(16)13(19)15-6-4-3-5-12(17)18/h7-9H,3-6H2,1-2H3,(H,15,19)(H,17,18). The molecule has 0 fully saturated rings. The van der Waals surface area contributed by atoms with Gasteiger partial charge in [-0.25, -0.2) is 0 Å². The lowest BCUT2D eigenvalue weighted by molar-refractivity contribution is -0.137. The fourth-order valence-corrected chi connectivity index (χ4v) is 1.96. The predicted molar refractivity (Wildman–Crippen MR) is 73.6 cm³/mol. The van der Waals surface area contributed by atoms with E-state index >= 15 is 0 Å².